The van der Waals surface area contributed by atoms with Gasteiger partial charge >= 0.3 is 0 Å². The van der Waals surface area contributed by atoms with Crippen LogP contribution < -0.4 is 24.8 Å². The molecule has 0 amide bonds. The van der Waals surface area contributed by atoms with E-state index in [1.807, 2.05) is 67.1 Å². The van der Waals surface area contributed by atoms with Gasteiger partial charge in [0.25, 0.3) is 0 Å². The lowest BCUT2D eigenvalue weighted by Crippen LogP contribution is -2.42. The fourth-order valence-electron chi connectivity index (χ4n) is 5.98. The molecule has 0 saturated carbocycles. The number of anilines is 2. The standard InChI is InChI=1S/C31H32N6O3.ClH/c1-18-10-19(6-9-28(18)39-22-7-8-27-26(13-22)34-17-37(27)2)36-31-24-14-30(29(38-3)15-25(24)32-16-33-31)40-23-11-20-4-5-21(12-23)35-20;/h6-10,13-17,20-21,23,35H,4-5,11-12H2,1-3H3,(H,32,33,36);1H. The van der Waals surface area contributed by atoms with Crippen molar-refractivity contribution in [2.75, 3.05) is 12.4 Å². The number of imidazole rings is 1. The lowest BCUT2D eigenvalue weighted by Gasteiger charge is -2.30. The zero-order chi connectivity index (χ0) is 27.2. The first kappa shape index (κ1) is 27.1. The summed E-state index contributed by atoms with van der Waals surface area (Å²) in [7, 11) is 3.65. The van der Waals surface area contributed by atoms with Crippen LogP contribution in [0.15, 0.2) is 61.2 Å². The molecule has 2 N–H and O–H groups in total. The van der Waals surface area contributed by atoms with Crippen LogP contribution in [0.25, 0.3) is 21.9 Å². The monoisotopic (exact) mass is 572 g/mol. The molecule has 3 aromatic carbocycles. The van der Waals surface area contributed by atoms with Crippen LogP contribution in [0, 0.1) is 6.92 Å². The number of fused-ring (bicyclic) bond motifs is 4. The third kappa shape index (κ3) is 5.35. The maximum absolute atomic E-state index is 6.52. The Kier molecular flexibility index (Phi) is 7.32. The van der Waals surface area contributed by atoms with Crippen LogP contribution >= 0.6 is 12.4 Å². The molecule has 0 radical (unpaired) electrons. The minimum absolute atomic E-state index is 0. The average Bonchev–Trinajstić information content (AvgIpc) is 3.50. The summed E-state index contributed by atoms with van der Waals surface area (Å²) in [5.74, 6) is 3.65. The molecule has 2 fully saturated rings. The number of nitrogens with zero attached hydrogens (tertiary/aromatic N) is 4. The first-order chi connectivity index (χ1) is 19.5. The second kappa shape index (κ2) is 11.1. The minimum atomic E-state index is 0. The number of hydrogen-bond acceptors (Lipinski definition) is 8. The topological polar surface area (TPSA) is 95.4 Å². The van der Waals surface area contributed by atoms with Gasteiger partial charge in [0.05, 0.1) is 30.0 Å². The van der Waals surface area contributed by atoms with E-state index in [2.05, 4.69) is 25.6 Å². The third-order valence-electron chi connectivity index (χ3n) is 8.01. The Morgan fingerprint density at radius 2 is 1.73 bits per heavy atom. The van der Waals surface area contributed by atoms with Crippen molar-refractivity contribution in [1.29, 1.82) is 0 Å². The number of methoxy groups -OCH3 is 1. The van der Waals surface area contributed by atoms with Crippen LogP contribution in [0.1, 0.15) is 31.2 Å². The molecule has 2 aliphatic rings. The van der Waals surface area contributed by atoms with Crippen LogP contribution in [0.4, 0.5) is 11.5 Å². The molecule has 10 heteroatoms. The van der Waals surface area contributed by atoms with Gasteiger partial charge in [0.1, 0.15) is 29.7 Å². The van der Waals surface area contributed by atoms with E-state index in [9.17, 15) is 0 Å². The van der Waals surface area contributed by atoms with E-state index in [1.165, 1.54) is 12.8 Å². The van der Waals surface area contributed by atoms with Crippen LogP contribution in [0.5, 0.6) is 23.0 Å². The van der Waals surface area contributed by atoms with Gasteiger partial charge in [-0.15, -0.1) is 12.4 Å². The van der Waals surface area contributed by atoms with Crippen molar-refractivity contribution >= 4 is 45.8 Å². The number of hydrogen-bond donors (Lipinski definition) is 2. The van der Waals surface area contributed by atoms with Crippen molar-refractivity contribution in [1.82, 2.24) is 24.8 Å². The molecule has 2 bridgehead atoms. The Labute approximate surface area is 244 Å². The predicted octanol–water partition coefficient (Wildman–Crippen LogP) is 6.45. The molecule has 9 nitrogen and oxygen atoms in total. The highest BCUT2D eigenvalue weighted by Crippen LogP contribution is 2.38. The number of benzene rings is 3. The number of halogens is 1. The summed E-state index contributed by atoms with van der Waals surface area (Å²) in [5.41, 5.74) is 4.65. The summed E-state index contributed by atoms with van der Waals surface area (Å²) < 4.78 is 20.4. The Hall–Kier alpha value is -4.08. The Morgan fingerprint density at radius 3 is 2.51 bits per heavy atom. The van der Waals surface area contributed by atoms with Gasteiger partial charge in [0.2, 0.25) is 0 Å². The minimum Gasteiger partial charge on any atom is -0.493 e. The molecule has 212 valence electrons. The maximum atomic E-state index is 6.52. The summed E-state index contributed by atoms with van der Waals surface area (Å²) in [6, 6.07) is 17.0. The van der Waals surface area contributed by atoms with E-state index >= 15 is 0 Å². The molecule has 2 aromatic heterocycles. The van der Waals surface area contributed by atoms with Gasteiger partial charge < -0.3 is 29.4 Å². The van der Waals surface area contributed by atoms with Gasteiger partial charge in [-0.25, -0.2) is 15.0 Å². The molecule has 0 spiro atoms. The van der Waals surface area contributed by atoms with Crippen molar-refractivity contribution in [2.24, 2.45) is 7.05 Å². The number of piperidine rings is 1. The van der Waals surface area contributed by atoms with Crippen molar-refractivity contribution < 1.29 is 14.2 Å². The van der Waals surface area contributed by atoms with Crippen molar-refractivity contribution in [3.05, 3.63) is 66.7 Å². The Bertz CT molecular complexity index is 1710. The lowest BCUT2D eigenvalue weighted by atomic mass is 10.0. The van der Waals surface area contributed by atoms with Crippen LogP contribution in [-0.4, -0.2) is 44.8 Å². The van der Waals surface area contributed by atoms with E-state index in [1.54, 1.807) is 19.8 Å². The van der Waals surface area contributed by atoms with Crippen molar-refractivity contribution in [3.8, 4) is 23.0 Å². The Morgan fingerprint density at radius 1 is 0.902 bits per heavy atom. The smallest absolute Gasteiger partial charge is 0.162 e. The fourth-order valence-corrected chi connectivity index (χ4v) is 5.98. The highest BCUT2D eigenvalue weighted by molar-refractivity contribution is 5.93. The number of aryl methyl sites for hydroxylation is 2. The third-order valence-corrected chi connectivity index (χ3v) is 8.01. The van der Waals surface area contributed by atoms with Gasteiger partial charge in [-0.1, -0.05) is 0 Å². The maximum Gasteiger partial charge on any atom is 0.162 e. The molecule has 2 atom stereocenters. The van der Waals surface area contributed by atoms with E-state index in [0.29, 0.717) is 23.7 Å². The fraction of sp³-hybridized carbons (Fsp3) is 0.323. The molecule has 5 aromatic rings. The van der Waals surface area contributed by atoms with Crippen LogP contribution in [-0.2, 0) is 7.05 Å². The van der Waals surface area contributed by atoms with Gasteiger partial charge in [-0.05, 0) is 74.6 Å². The van der Waals surface area contributed by atoms with Gasteiger partial charge in [0.15, 0.2) is 11.5 Å². The SMILES string of the molecule is COc1cc2ncnc(Nc3ccc(Oc4ccc5c(c4)ncn5C)c(C)c3)c2cc1OC1CC2CCC(C1)N2.Cl. The molecule has 0 aliphatic carbocycles. The molecule has 41 heavy (non-hydrogen) atoms. The Balaban J connectivity index is 0.00000302. The number of aromatic nitrogens is 4. The molecule has 2 aliphatic heterocycles. The summed E-state index contributed by atoms with van der Waals surface area (Å²) in [6.45, 7) is 2.03. The summed E-state index contributed by atoms with van der Waals surface area (Å²) in [6.07, 6.45) is 8.01. The second-order valence-corrected chi connectivity index (χ2v) is 10.8. The average molecular weight is 573 g/mol. The van der Waals surface area contributed by atoms with Gasteiger partial charge in [-0.3, -0.25) is 0 Å². The van der Waals surface area contributed by atoms with E-state index in [4.69, 9.17) is 14.2 Å². The molecular formula is C31H33ClN6O3. The molecular weight excluding hydrogens is 540 g/mol. The van der Waals surface area contributed by atoms with Crippen LogP contribution in [0.2, 0.25) is 0 Å². The highest BCUT2D eigenvalue weighted by atomic mass is 35.5. The zero-order valence-electron chi connectivity index (χ0n) is 23.3. The van der Waals surface area contributed by atoms with Gasteiger partial charge in [0, 0.05) is 42.3 Å². The molecule has 7 rings (SSSR count). The predicted molar refractivity (Wildman–Crippen MR) is 162 cm³/mol. The number of rotatable bonds is 7. The molecule has 4 heterocycles. The summed E-state index contributed by atoms with van der Waals surface area (Å²) in [4.78, 5) is 13.5. The highest BCUT2D eigenvalue weighted by Gasteiger charge is 2.35. The summed E-state index contributed by atoms with van der Waals surface area (Å²) >= 11 is 0. The lowest BCUT2D eigenvalue weighted by molar-refractivity contribution is 0.133. The van der Waals surface area contributed by atoms with E-state index in [0.717, 1.165) is 63.3 Å². The van der Waals surface area contributed by atoms with E-state index in [-0.39, 0.29) is 18.5 Å². The van der Waals surface area contributed by atoms with E-state index < -0.39 is 0 Å². The molecule has 2 unspecified atom stereocenters. The normalized spacial score (nSPS) is 19.6. The first-order valence-corrected chi connectivity index (χ1v) is 13.7. The second-order valence-electron chi connectivity index (χ2n) is 10.8. The number of nitrogens with one attached hydrogen (secondary N) is 2. The van der Waals surface area contributed by atoms with Gasteiger partial charge in [-0.2, -0.15) is 0 Å². The first-order valence-electron chi connectivity index (χ1n) is 13.7. The summed E-state index contributed by atoms with van der Waals surface area (Å²) in [5, 5.41) is 8.02. The number of ether oxygens (including phenoxy) is 3. The largest absolute Gasteiger partial charge is 0.493 e. The van der Waals surface area contributed by atoms with Crippen molar-refractivity contribution in [2.45, 2.75) is 50.8 Å². The zero-order valence-corrected chi connectivity index (χ0v) is 24.1. The van der Waals surface area contributed by atoms with Crippen molar-refractivity contribution in [3.63, 3.8) is 0 Å². The molecule has 2 saturated heterocycles. The quantitative estimate of drug-likeness (QED) is 0.230. The van der Waals surface area contributed by atoms with Crippen LogP contribution in [0.3, 0.4) is 0 Å².